The molecular weight excluding hydrogens is 222 g/mol. The third-order valence-corrected chi connectivity index (χ3v) is 4.54. The van der Waals surface area contributed by atoms with E-state index in [1.54, 1.807) is 0 Å². The zero-order chi connectivity index (χ0) is 12.5. The van der Waals surface area contributed by atoms with Crippen LogP contribution in [-0.4, -0.2) is 19.2 Å². The smallest absolute Gasteiger partial charge is 0.120 e. The Morgan fingerprint density at radius 1 is 1.17 bits per heavy atom. The Bertz CT molecular complexity index is 413. The van der Waals surface area contributed by atoms with Crippen molar-refractivity contribution in [2.75, 3.05) is 7.05 Å². The van der Waals surface area contributed by atoms with Crippen LogP contribution in [0.5, 0.6) is 5.75 Å². The van der Waals surface area contributed by atoms with Crippen LogP contribution in [0, 0.1) is 5.92 Å². The van der Waals surface area contributed by atoms with Crippen molar-refractivity contribution in [3.8, 4) is 5.75 Å². The van der Waals surface area contributed by atoms with Gasteiger partial charge in [0, 0.05) is 6.04 Å². The number of hydrogen-bond donors (Lipinski definition) is 1. The summed E-state index contributed by atoms with van der Waals surface area (Å²) in [5.41, 5.74) is 1.46. The van der Waals surface area contributed by atoms with Crippen LogP contribution in [0.3, 0.4) is 0 Å². The molecular formula is C16H23NO. The van der Waals surface area contributed by atoms with Gasteiger partial charge in [0.25, 0.3) is 0 Å². The Balaban J connectivity index is 1.75. The summed E-state index contributed by atoms with van der Waals surface area (Å²) in [7, 11) is 2.08. The van der Waals surface area contributed by atoms with Crippen LogP contribution in [-0.2, 0) is 0 Å². The fourth-order valence-corrected chi connectivity index (χ4v) is 3.24. The topological polar surface area (TPSA) is 21.3 Å². The highest BCUT2D eigenvalue weighted by Crippen LogP contribution is 2.40. The van der Waals surface area contributed by atoms with Crippen LogP contribution in [0.4, 0.5) is 0 Å². The highest BCUT2D eigenvalue weighted by Gasteiger charge is 2.33. The van der Waals surface area contributed by atoms with E-state index in [1.807, 2.05) is 0 Å². The van der Waals surface area contributed by atoms with Gasteiger partial charge in [0.2, 0.25) is 0 Å². The van der Waals surface area contributed by atoms with Crippen molar-refractivity contribution >= 4 is 0 Å². The van der Waals surface area contributed by atoms with E-state index in [1.165, 1.54) is 31.2 Å². The molecule has 0 spiro atoms. The SMILES string of the molecule is CNC1CCC(c2cccc(OC3CC3)c2)C1C. The van der Waals surface area contributed by atoms with E-state index in [-0.39, 0.29) is 0 Å². The predicted molar refractivity (Wildman–Crippen MR) is 74.1 cm³/mol. The van der Waals surface area contributed by atoms with Gasteiger partial charge in [-0.15, -0.1) is 0 Å². The molecule has 2 fully saturated rings. The van der Waals surface area contributed by atoms with Gasteiger partial charge < -0.3 is 10.1 Å². The summed E-state index contributed by atoms with van der Waals surface area (Å²) in [6.07, 6.45) is 5.53. The van der Waals surface area contributed by atoms with E-state index in [2.05, 4.69) is 43.6 Å². The van der Waals surface area contributed by atoms with Crippen molar-refractivity contribution in [1.82, 2.24) is 5.32 Å². The average molecular weight is 245 g/mol. The number of nitrogens with one attached hydrogen (secondary N) is 1. The third-order valence-electron chi connectivity index (χ3n) is 4.54. The fourth-order valence-electron chi connectivity index (χ4n) is 3.24. The fraction of sp³-hybridized carbons (Fsp3) is 0.625. The van der Waals surface area contributed by atoms with Gasteiger partial charge in [0.1, 0.15) is 5.75 Å². The Hall–Kier alpha value is -1.02. The normalized spacial score (nSPS) is 31.6. The largest absolute Gasteiger partial charge is 0.490 e. The zero-order valence-electron chi connectivity index (χ0n) is 11.4. The summed E-state index contributed by atoms with van der Waals surface area (Å²) in [5, 5.41) is 3.44. The monoisotopic (exact) mass is 245 g/mol. The molecule has 0 saturated heterocycles. The molecule has 0 aromatic heterocycles. The predicted octanol–water partition coefficient (Wildman–Crippen LogP) is 3.33. The van der Waals surface area contributed by atoms with Gasteiger partial charge in [-0.05, 0) is 62.3 Å². The van der Waals surface area contributed by atoms with Gasteiger partial charge >= 0.3 is 0 Å². The molecule has 3 unspecified atom stereocenters. The van der Waals surface area contributed by atoms with Crippen LogP contribution < -0.4 is 10.1 Å². The summed E-state index contributed by atoms with van der Waals surface area (Å²) in [4.78, 5) is 0. The summed E-state index contributed by atoms with van der Waals surface area (Å²) >= 11 is 0. The van der Waals surface area contributed by atoms with Gasteiger partial charge in [0.15, 0.2) is 0 Å². The van der Waals surface area contributed by atoms with Crippen molar-refractivity contribution in [2.24, 2.45) is 5.92 Å². The minimum absolute atomic E-state index is 0.492. The maximum atomic E-state index is 5.90. The average Bonchev–Trinajstić information content (AvgIpc) is 3.11. The van der Waals surface area contributed by atoms with Gasteiger partial charge in [-0.25, -0.2) is 0 Å². The number of rotatable bonds is 4. The number of benzene rings is 1. The Kier molecular flexibility index (Phi) is 3.29. The Morgan fingerprint density at radius 3 is 2.67 bits per heavy atom. The van der Waals surface area contributed by atoms with Gasteiger partial charge in [-0.1, -0.05) is 19.1 Å². The van der Waals surface area contributed by atoms with E-state index in [0.717, 1.165) is 5.75 Å². The minimum atomic E-state index is 0.492. The molecule has 0 amide bonds. The van der Waals surface area contributed by atoms with Crippen molar-refractivity contribution in [3.63, 3.8) is 0 Å². The molecule has 0 aliphatic heterocycles. The number of ether oxygens (including phenoxy) is 1. The molecule has 2 aliphatic rings. The second kappa shape index (κ2) is 4.93. The minimum Gasteiger partial charge on any atom is -0.490 e. The first kappa shape index (κ1) is 12.0. The summed E-state index contributed by atoms with van der Waals surface area (Å²) in [5.74, 6) is 2.46. The van der Waals surface area contributed by atoms with E-state index in [0.29, 0.717) is 24.0 Å². The standard InChI is InChI=1S/C16H23NO/c1-11-15(8-9-16(11)17-2)12-4-3-5-14(10-12)18-13-6-7-13/h3-5,10-11,13,15-17H,6-9H2,1-2H3. The lowest BCUT2D eigenvalue weighted by molar-refractivity contribution is 0.302. The Morgan fingerprint density at radius 2 is 2.00 bits per heavy atom. The maximum absolute atomic E-state index is 5.90. The van der Waals surface area contributed by atoms with Gasteiger partial charge in [-0.3, -0.25) is 0 Å². The molecule has 2 nitrogen and oxygen atoms in total. The Labute approximate surface area is 110 Å². The van der Waals surface area contributed by atoms with E-state index in [9.17, 15) is 0 Å². The zero-order valence-corrected chi connectivity index (χ0v) is 11.4. The van der Waals surface area contributed by atoms with Crippen LogP contribution in [0.2, 0.25) is 0 Å². The van der Waals surface area contributed by atoms with Crippen LogP contribution in [0.25, 0.3) is 0 Å². The lowest BCUT2D eigenvalue weighted by Gasteiger charge is -2.21. The molecule has 2 saturated carbocycles. The van der Waals surface area contributed by atoms with Crippen molar-refractivity contribution in [3.05, 3.63) is 29.8 Å². The lowest BCUT2D eigenvalue weighted by atomic mass is 9.89. The van der Waals surface area contributed by atoms with E-state index >= 15 is 0 Å². The first-order valence-corrected chi connectivity index (χ1v) is 7.22. The second-order valence-corrected chi connectivity index (χ2v) is 5.83. The van der Waals surface area contributed by atoms with Crippen LogP contribution >= 0.6 is 0 Å². The molecule has 3 rings (SSSR count). The summed E-state index contributed by atoms with van der Waals surface area (Å²) in [6.45, 7) is 2.37. The molecule has 98 valence electrons. The third kappa shape index (κ3) is 2.39. The molecule has 0 radical (unpaired) electrons. The van der Waals surface area contributed by atoms with Gasteiger partial charge in [-0.2, -0.15) is 0 Å². The molecule has 1 aromatic rings. The first-order chi connectivity index (χ1) is 8.78. The highest BCUT2D eigenvalue weighted by atomic mass is 16.5. The van der Waals surface area contributed by atoms with Crippen LogP contribution in [0.1, 0.15) is 44.1 Å². The first-order valence-electron chi connectivity index (χ1n) is 7.22. The maximum Gasteiger partial charge on any atom is 0.120 e. The van der Waals surface area contributed by atoms with Crippen LogP contribution in [0.15, 0.2) is 24.3 Å². The van der Waals surface area contributed by atoms with E-state index in [4.69, 9.17) is 4.74 Å². The highest BCUT2D eigenvalue weighted by molar-refractivity contribution is 5.32. The molecule has 0 heterocycles. The molecule has 3 atom stereocenters. The van der Waals surface area contributed by atoms with Crippen molar-refractivity contribution in [2.45, 2.75) is 50.7 Å². The molecule has 1 aromatic carbocycles. The lowest BCUT2D eigenvalue weighted by Crippen LogP contribution is -2.28. The number of hydrogen-bond acceptors (Lipinski definition) is 2. The molecule has 2 heteroatoms. The van der Waals surface area contributed by atoms with Crippen molar-refractivity contribution in [1.29, 1.82) is 0 Å². The molecule has 2 aliphatic carbocycles. The molecule has 18 heavy (non-hydrogen) atoms. The van der Waals surface area contributed by atoms with E-state index < -0.39 is 0 Å². The second-order valence-electron chi connectivity index (χ2n) is 5.83. The molecule has 0 bridgehead atoms. The quantitative estimate of drug-likeness (QED) is 0.878. The summed E-state index contributed by atoms with van der Waals surface area (Å²) < 4.78 is 5.90. The summed E-state index contributed by atoms with van der Waals surface area (Å²) in [6, 6.07) is 9.43. The molecule has 1 N–H and O–H groups in total. The van der Waals surface area contributed by atoms with Gasteiger partial charge in [0.05, 0.1) is 6.10 Å². The van der Waals surface area contributed by atoms with Crippen molar-refractivity contribution < 1.29 is 4.74 Å².